The Hall–Kier alpha value is -1.77. The molecule has 1 aromatic carbocycles. The minimum atomic E-state index is -0.128. The lowest BCUT2D eigenvalue weighted by atomic mass is 9.97. The van der Waals surface area contributed by atoms with E-state index in [2.05, 4.69) is 32.7 Å². The summed E-state index contributed by atoms with van der Waals surface area (Å²) in [5, 5.41) is 0. The Labute approximate surface area is 102 Å². The Morgan fingerprint density at radius 2 is 1.71 bits per heavy atom. The van der Waals surface area contributed by atoms with Gasteiger partial charge in [-0.15, -0.1) is 0 Å². The van der Waals surface area contributed by atoms with E-state index in [4.69, 9.17) is 10.2 Å². The first-order valence-electron chi connectivity index (χ1n) is 5.72. The third-order valence-corrected chi connectivity index (χ3v) is 2.62. The maximum atomic E-state index is 5.88. The average Bonchev–Trinajstić information content (AvgIpc) is 2.61. The number of nitrogen functional groups attached to an aromatic ring is 1. The van der Waals surface area contributed by atoms with Crippen molar-refractivity contribution in [3.05, 3.63) is 35.7 Å². The molecule has 0 aliphatic rings. The van der Waals surface area contributed by atoms with Gasteiger partial charge in [-0.2, -0.15) is 0 Å². The second-order valence-corrected chi connectivity index (χ2v) is 5.35. The number of hydrogen-bond donors (Lipinski definition) is 1. The molecular formula is C14H18N2O. The van der Waals surface area contributed by atoms with Crippen molar-refractivity contribution in [1.29, 1.82) is 0 Å². The van der Waals surface area contributed by atoms with Crippen LogP contribution in [0.2, 0.25) is 0 Å². The van der Waals surface area contributed by atoms with Gasteiger partial charge < -0.3 is 10.2 Å². The molecule has 2 N–H and O–H groups in total. The van der Waals surface area contributed by atoms with Crippen molar-refractivity contribution in [3.63, 3.8) is 0 Å². The highest BCUT2D eigenvalue weighted by Crippen LogP contribution is 2.31. The molecule has 2 aromatic rings. The van der Waals surface area contributed by atoms with Crippen molar-refractivity contribution >= 4 is 5.88 Å². The summed E-state index contributed by atoms with van der Waals surface area (Å²) >= 11 is 0. The zero-order valence-corrected chi connectivity index (χ0v) is 10.7. The van der Waals surface area contributed by atoms with E-state index in [1.165, 1.54) is 5.56 Å². The van der Waals surface area contributed by atoms with Crippen LogP contribution in [-0.4, -0.2) is 4.98 Å². The van der Waals surface area contributed by atoms with Crippen molar-refractivity contribution < 1.29 is 4.42 Å². The molecule has 3 heteroatoms. The highest BCUT2D eigenvalue weighted by atomic mass is 16.4. The highest BCUT2D eigenvalue weighted by Gasteiger charge is 2.23. The summed E-state index contributed by atoms with van der Waals surface area (Å²) in [4.78, 5) is 4.49. The van der Waals surface area contributed by atoms with E-state index in [0.717, 1.165) is 11.3 Å². The minimum Gasteiger partial charge on any atom is -0.424 e. The van der Waals surface area contributed by atoms with Crippen LogP contribution in [0.4, 0.5) is 5.88 Å². The summed E-state index contributed by atoms with van der Waals surface area (Å²) in [6, 6.07) is 8.10. The molecule has 2 rings (SSSR count). The Morgan fingerprint density at radius 3 is 2.18 bits per heavy atom. The van der Waals surface area contributed by atoms with Gasteiger partial charge in [0.2, 0.25) is 11.8 Å². The van der Waals surface area contributed by atoms with Crippen LogP contribution in [0.25, 0.3) is 11.3 Å². The fourth-order valence-electron chi connectivity index (χ4n) is 1.57. The summed E-state index contributed by atoms with van der Waals surface area (Å²) < 4.78 is 5.53. The van der Waals surface area contributed by atoms with Crippen LogP contribution in [0.3, 0.4) is 0 Å². The van der Waals surface area contributed by atoms with Gasteiger partial charge >= 0.3 is 0 Å². The fourth-order valence-corrected chi connectivity index (χ4v) is 1.57. The van der Waals surface area contributed by atoms with Crippen LogP contribution in [0.1, 0.15) is 32.2 Å². The van der Waals surface area contributed by atoms with E-state index in [-0.39, 0.29) is 5.41 Å². The molecule has 1 aromatic heterocycles. The van der Waals surface area contributed by atoms with Crippen molar-refractivity contribution in [3.8, 4) is 11.3 Å². The molecule has 0 atom stereocenters. The van der Waals surface area contributed by atoms with Gasteiger partial charge in [-0.3, -0.25) is 0 Å². The molecule has 0 fully saturated rings. The van der Waals surface area contributed by atoms with Gasteiger partial charge in [0.05, 0.1) is 0 Å². The molecule has 0 radical (unpaired) electrons. The van der Waals surface area contributed by atoms with Gasteiger partial charge in [-0.1, -0.05) is 50.6 Å². The number of hydrogen-bond acceptors (Lipinski definition) is 3. The first kappa shape index (κ1) is 11.7. The molecule has 0 saturated heterocycles. The fraction of sp³-hybridized carbons (Fsp3) is 0.357. The summed E-state index contributed by atoms with van der Waals surface area (Å²) in [5.41, 5.74) is 8.69. The topological polar surface area (TPSA) is 52.0 Å². The number of aromatic nitrogens is 1. The molecule has 0 unspecified atom stereocenters. The highest BCUT2D eigenvalue weighted by molar-refractivity contribution is 5.69. The summed E-state index contributed by atoms with van der Waals surface area (Å²) in [6.07, 6.45) is 0. The number of nitrogens with two attached hydrogens (primary N) is 1. The van der Waals surface area contributed by atoms with E-state index in [1.807, 2.05) is 24.3 Å². The minimum absolute atomic E-state index is 0.128. The van der Waals surface area contributed by atoms with Gasteiger partial charge in [0.15, 0.2) is 0 Å². The van der Waals surface area contributed by atoms with Crippen molar-refractivity contribution in [2.24, 2.45) is 0 Å². The normalized spacial score (nSPS) is 11.8. The maximum absolute atomic E-state index is 5.88. The number of benzene rings is 1. The van der Waals surface area contributed by atoms with E-state index < -0.39 is 0 Å². The summed E-state index contributed by atoms with van der Waals surface area (Å²) in [6.45, 7) is 8.21. The van der Waals surface area contributed by atoms with Crippen LogP contribution < -0.4 is 5.73 Å². The predicted molar refractivity (Wildman–Crippen MR) is 69.8 cm³/mol. The quantitative estimate of drug-likeness (QED) is 0.815. The standard InChI is InChI=1S/C14H18N2O/c1-9-5-7-10(8-6-9)11-12(15)17-13(16-11)14(2,3)4/h5-8H,15H2,1-4H3. The lowest BCUT2D eigenvalue weighted by Crippen LogP contribution is -2.11. The number of rotatable bonds is 1. The van der Waals surface area contributed by atoms with Gasteiger partial charge in [0, 0.05) is 11.0 Å². The molecule has 0 aliphatic heterocycles. The summed E-state index contributed by atoms with van der Waals surface area (Å²) in [5.74, 6) is 1.06. The Bertz CT molecular complexity index is 518. The van der Waals surface area contributed by atoms with Crippen LogP contribution in [0.5, 0.6) is 0 Å². The van der Waals surface area contributed by atoms with Gasteiger partial charge in [-0.25, -0.2) is 4.98 Å². The number of anilines is 1. The molecule has 1 heterocycles. The van der Waals surface area contributed by atoms with E-state index in [0.29, 0.717) is 11.8 Å². The zero-order chi connectivity index (χ0) is 12.6. The van der Waals surface area contributed by atoms with Crippen LogP contribution in [0, 0.1) is 6.92 Å². The SMILES string of the molecule is Cc1ccc(-c2nc(C(C)(C)C)oc2N)cc1. The molecule has 0 saturated carbocycles. The lowest BCUT2D eigenvalue weighted by molar-refractivity contribution is 0.401. The lowest BCUT2D eigenvalue weighted by Gasteiger charge is -2.11. The third kappa shape index (κ3) is 2.33. The van der Waals surface area contributed by atoms with Crippen molar-refractivity contribution in [2.75, 3.05) is 5.73 Å². The Morgan fingerprint density at radius 1 is 1.12 bits per heavy atom. The molecule has 0 spiro atoms. The Kier molecular flexibility index (Phi) is 2.69. The average molecular weight is 230 g/mol. The van der Waals surface area contributed by atoms with Gasteiger partial charge in [0.1, 0.15) is 5.69 Å². The van der Waals surface area contributed by atoms with Crippen LogP contribution in [-0.2, 0) is 5.41 Å². The maximum Gasteiger partial charge on any atom is 0.219 e. The number of oxazole rings is 1. The molecule has 0 aliphatic carbocycles. The number of nitrogens with zero attached hydrogens (tertiary/aromatic N) is 1. The second kappa shape index (κ2) is 3.91. The van der Waals surface area contributed by atoms with Crippen LogP contribution in [0.15, 0.2) is 28.7 Å². The predicted octanol–water partition coefficient (Wildman–Crippen LogP) is 3.53. The Balaban J connectivity index is 2.46. The second-order valence-electron chi connectivity index (χ2n) is 5.35. The smallest absolute Gasteiger partial charge is 0.219 e. The summed E-state index contributed by atoms with van der Waals surface area (Å²) in [7, 11) is 0. The third-order valence-electron chi connectivity index (χ3n) is 2.62. The van der Waals surface area contributed by atoms with Crippen molar-refractivity contribution in [2.45, 2.75) is 33.1 Å². The molecule has 17 heavy (non-hydrogen) atoms. The molecule has 90 valence electrons. The van der Waals surface area contributed by atoms with E-state index in [9.17, 15) is 0 Å². The van der Waals surface area contributed by atoms with Crippen molar-refractivity contribution in [1.82, 2.24) is 4.98 Å². The van der Waals surface area contributed by atoms with E-state index >= 15 is 0 Å². The number of aryl methyl sites for hydroxylation is 1. The monoisotopic (exact) mass is 230 g/mol. The van der Waals surface area contributed by atoms with Gasteiger partial charge in [-0.05, 0) is 6.92 Å². The molecular weight excluding hydrogens is 212 g/mol. The zero-order valence-electron chi connectivity index (χ0n) is 10.7. The molecule has 0 bridgehead atoms. The first-order valence-corrected chi connectivity index (χ1v) is 5.72. The van der Waals surface area contributed by atoms with Gasteiger partial charge in [0.25, 0.3) is 0 Å². The van der Waals surface area contributed by atoms with E-state index in [1.54, 1.807) is 0 Å². The van der Waals surface area contributed by atoms with Crippen LogP contribution >= 0.6 is 0 Å². The molecule has 3 nitrogen and oxygen atoms in total. The largest absolute Gasteiger partial charge is 0.424 e. The first-order chi connectivity index (χ1) is 7.88. The molecule has 0 amide bonds.